The molecule has 1 aliphatic heterocycles. The van der Waals surface area contributed by atoms with Crippen molar-refractivity contribution in [3.05, 3.63) is 41.4 Å². The molecule has 6 nitrogen and oxygen atoms in total. The molecule has 0 unspecified atom stereocenters. The van der Waals surface area contributed by atoms with Crippen LogP contribution in [0.5, 0.6) is 0 Å². The zero-order valence-electron chi connectivity index (χ0n) is 14.4. The van der Waals surface area contributed by atoms with Crippen LogP contribution in [0.25, 0.3) is 11.3 Å². The number of nitrogens with one attached hydrogen (secondary N) is 1. The van der Waals surface area contributed by atoms with Crippen molar-refractivity contribution in [2.75, 3.05) is 11.5 Å². The molecule has 1 saturated heterocycles. The number of hydrogen-bond donors (Lipinski definition) is 1. The van der Waals surface area contributed by atoms with Gasteiger partial charge in [0.25, 0.3) is 0 Å². The van der Waals surface area contributed by atoms with E-state index < -0.39 is 9.84 Å². The Balaban J connectivity index is 1.55. The first-order valence-electron chi connectivity index (χ1n) is 8.34. The lowest BCUT2D eigenvalue weighted by molar-refractivity contribution is -0.121. The first-order chi connectivity index (χ1) is 11.8. The van der Waals surface area contributed by atoms with E-state index in [0.29, 0.717) is 24.5 Å². The van der Waals surface area contributed by atoms with Crippen molar-refractivity contribution in [1.82, 2.24) is 10.3 Å². The second-order valence-corrected chi connectivity index (χ2v) is 8.81. The van der Waals surface area contributed by atoms with E-state index in [9.17, 15) is 13.2 Å². The van der Waals surface area contributed by atoms with Crippen LogP contribution < -0.4 is 5.32 Å². The first kappa shape index (κ1) is 17.7. The SMILES string of the molecule is Cc1ccc(-c2cnc(CCC(=O)N[C@@H]3CCS(=O)(=O)C3)o2)cc1C. The third-order valence-electron chi connectivity index (χ3n) is 4.51. The maximum atomic E-state index is 12.0. The van der Waals surface area contributed by atoms with E-state index in [1.54, 1.807) is 6.20 Å². The minimum Gasteiger partial charge on any atom is -0.441 e. The molecule has 7 heteroatoms. The van der Waals surface area contributed by atoms with Crippen LogP contribution in [0, 0.1) is 13.8 Å². The summed E-state index contributed by atoms with van der Waals surface area (Å²) in [5.41, 5.74) is 3.36. The van der Waals surface area contributed by atoms with Crippen molar-refractivity contribution in [3.63, 3.8) is 0 Å². The van der Waals surface area contributed by atoms with Gasteiger partial charge in [-0.2, -0.15) is 0 Å². The fraction of sp³-hybridized carbons (Fsp3) is 0.444. The number of nitrogens with zero attached hydrogens (tertiary/aromatic N) is 1. The number of sulfone groups is 1. The van der Waals surface area contributed by atoms with Gasteiger partial charge in [-0.3, -0.25) is 4.79 Å². The van der Waals surface area contributed by atoms with Gasteiger partial charge in [0, 0.05) is 24.4 Å². The van der Waals surface area contributed by atoms with E-state index in [4.69, 9.17) is 4.42 Å². The Morgan fingerprint density at radius 2 is 2.12 bits per heavy atom. The molecule has 1 aromatic heterocycles. The predicted octanol–water partition coefficient (Wildman–Crippen LogP) is 2.19. The Hall–Kier alpha value is -2.15. The fourth-order valence-corrected chi connectivity index (χ4v) is 4.56. The van der Waals surface area contributed by atoms with Gasteiger partial charge in [0.05, 0.1) is 17.7 Å². The third-order valence-corrected chi connectivity index (χ3v) is 6.28. The molecule has 1 N–H and O–H groups in total. The second kappa shape index (κ2) is 7.00. The summed E-state index contributed by atoms with van der Waals surface area (Å²) in [6.45, 7) is 4.10. The number of rotatable bonds is 5. The standard InChI is InChI=1S/C18H22N2O4S/c1-12-3-4-14(9-13(12)2)16-10-19-18(24-16)6-5-17(21)20-15-7-8-25(22,23)11-15/h3-4,9-10,15H,5-8,11H2,1-2H3,(H,20,21)/t15-/m1/s1. The molecule has 1 atom stereocenters. The van der Waals surface area contributed by atoms with Crippen molar-refractivity contribution >= 4 is 15.7 Å². The molecule has 2 heterocycles. The molecule has 0 aliphatic carbocycles. The van der Waals surface area contributed by atoms with Crippen LogP contribution in [0.3, 0.4) is 0 Å². The molecule has 0 saturated carbocycles. The summed E-state index contributed by atoms with van der Waals surface area (Å²) in [6.07, 6.45) is 2.77. The van der Waals surface area contributed by atoms with Gasteiger partial charge < -0.3 is 9.73 Å². The van der Waals surface area contributed by atoms with Crippen LogP contribution >= 0.6 is 0 Å². The Labute approximate surface area is 147 Å². The minimum atomic E-state index is -2.99. The van der Waals surface area contributed by atoms with E-state index in [-0.39, 0.29) is 29.9 Å². The van der Waals surface area contributed by atoms with Crippen molar-refractivity contribution < 1.29 is 17.6 Å². The van der Waals surface area contributed by atoms with Crippen LogP contribution in [-0.4, -0.2) is 36.9 Å². The number of carbonyl (C=O) groups excluding carboxylic acids is 1. The largest absolute Gasteiger partial charge is 0.441 e. The average molecular weight is 362 g/mol. The first-order valence-corrected chi connectivity index (χ1v) is 10.2. The van der Waals surface area contributed by atoms with E-state index in [0.717, 1.165) is 5.56 Å². The third kappa shape index (κ3) is 4.48. The molecule has 1 fully saturated rings. The van der Waals surface area contributed by atoms with Gasteiger partial charge >= 0.3 is 0 Å². The van der Waals surface area contributed by atoms with Gasteiger partial charge in [-0.25, -0.2) is 13.4 Å². The molecular formula is C18H22N2O4S. The summed E-state index contributed by atoms with van der Waals surface area (Å²) in [5, 5.41) is 2.77. The molecule has 2 aromatic rings. The number of amides is 1. The zero-order chi connectivity index (χ0) is 18.0. The number of carbonyl (C=O) groups is 1. The van der Waals surface area contributed by atoms with Gasteiger partial charge in [0.15, 0.2) is 21.5 Å². The summed E-state index contributed by atoms with van der Waals surface area (Å²) >= 11 is 0. The Morgan fingerprint density at radius 1 is 1.32 bits per heavy atom. The van der Waals surface area contributed by atoms with E-state index in [2.05, 4.69) is 17.2 Å². The summed E-state index contributed by atoms with van der Waals surface area (Å²) in [6, 6.07) is 5.80. The molecule has 25 heavy (non-hydrogen) atoms. The highest BCUT2D eigenvalue weighted by Crippen LogP contribution is 2.23. The molecule has 1 aliphatic rings. The maximum absolute atomic E-state index is 12.0. The molecule has 0 radical (unpaired) electrons. The highest BCUT2D eigenvalue weighted by molar-refractivity contribution is 7.91. The van der Waals surface area contributed by atoms with Crippen LogP contribution in [0.2, 0.25) is 0 Å². The predicted molar refractivity (Wildman–Crippen MR) is 94.9 cm³/mol. The Bertz CT molecular complexity index is 886. The van der Waals surface area contributed by atoms with Crippen molar-refractivity contribution in [3.8, 4) is 11.3 Å². The van der Waals surface area contributed by atoms with E-state index in [1.165, 1.54) is 11.1 Å². The van der Waals surface area contributed by atoms with Crippen LogP contribution in [-0.2, 0) is 21.1 Å². The van der Waals surface area contributed by atoms with Gasteiger partial charge in [-0.05, 0) is 37.5 Å². The maximum Gasteiger partial charge on any atom is 0.220 e. The number of aryl methyl sites for hydroxylation is 3. The number of oxazole rings is 1. The summed E-state index contributed by atoms with van der Waals surface area (Å²) in [4.78, 5) is 16.2. The van der Waals surface area contributed by atoms with Gasteiger partial charge in [-0.1, -0.05) is 12.1 Å². The number of aromatic nitrogens is 1. The lowest BCUT2D eigenvalue weighted by Crippen LogP contribution is -2.35. The highest BCUT2D eigenvalue weighted by Gasteiger charge is 2.28. The van der Waals surface area contributed by atoms with Gasteiger partial charge in [0.2, 0.25) is 5.91 Å². The van der Waals surface area contributed by atoms with E-state index >= 15 is 0 Å². The zero-order valence-corrected chi connectivity index (χ0v) is 15.2. The van der Waals surface area contributed by atoms with Crippen molar-refractivity contribution in [2.24, 2.45) is 0 Å². The highest BCUT2D eigenvalue weighted by atomic mass is 32.2. The Kier molecular flexibility index (Phi) is 4.94. The number of hydrogen-bond acceptors (Lipinski definition) is 5. The molecule has 0 spiro atoms. The molecule has 0 bridgehead atoms. The summed E-state index contributed by atoms with van der Waals surface area (Å²) in [5.74, 6) is 1.20. The molecule has 1 amide bonds. The van der Waals surface area contributed by atoms with Crippen molar-refractivity contribution in [1.29, 1.82) is 0 Å². The molecule has 134 valence electrons. The fourth-order valence-electron chi connectivity index (χ4n) is 2.88. The monoisotopic (exact) mass is 362 g/mol. The van der Waals surface area contributed by atoms with Gasteiger partial charge in [0.1, 0.15) is 0 Å². The Morgan fingerprint density at radius 3 is 2.80 bits per heavy atom. The van der Waals surface area contributed by atoms with Crippen molar-refractivity contribution in [2.45, 2.75) is 39.2 Å². The minimum absolute atomic E-state index is 0.0364. The molecule has 3 rings (SSSR count). The summed E-state index contributed by atoms with van der Waals surface area (Å²) < 4.78 is 28.5. The molecular weight excluding hydrogens is 340 g/mol. The van der Waals surface area contributed by atoms with E-state index in [1.807, 2.05) is 25.1 Å². The quantitative estimate of drug-likeness (QED) is 0.881. The summed E-state index contributed by atoms with van der Waals surface area (Å²) in [7, 11) is -2.99. The molecule has 1 aromatic carbocycles. The van der Waals surface area contributed by atoms with Gasteiger partial charge in [-0.15, -0.1) is 0 Å². The normalized spacial score (nSPS) is 19.0. The van der Waals surface area contributed by atoms with Crippen LogP contribution in [0.1, 0.15) is 29.9 Å². The smallest absolute Gasteiger partial charge is 0.220 e. The lowest BCUT2D eigenvalue weighted by atomic mass is 10.1. The second-order valence-electron chi connectivity index (χ2n) is 6.58. The van der Waals surface area contributed by atoms with Crippen LogP contribution in [0.4, 0.5) is 0 Å². The lowest BCUT2D eigenvalue weighted by Gasteiger charge is -2.09. The van der Waals surface area contributed by atoms with Crippen LogP contribution in [0.15, 0.2) is 28.8 Å². The number of benzene rings is 1. The topological polar surface area (TPSA) is 89.3 Å². The average Bonchev–Trinajstić information content (AvgIpc) is 3.14.